The lowest BCUT2D eigenvalue weighted by Crippen LogP contribution is -2.55. The van der Waals surface area contributed by atoms with E-state index >= 15 is 0 Å². The number of likely N-dealkylation sites (N-methyl/N-ethyl adjacent to an activating group) is 1. The van der Waals surface area contributed by atoms with Crippen molar-refractivity contribution >= 4 is 17.9 Å². The molecule has 2 atom stereocenters. The zero-order valence-corrected chi connectivity index (χ0v) is 37.2. The first kappa shape index (κ1) is 54.2. The molecule has 0 radical (unpaired) electrons. The van der Waals surface area contributed by atoms with Crippen LogP contribution < -0.4 is 5.11 Å². The van der Waals surface area contributed by atoms with Gasteiger partial charge in [0.05, 0.1) is 40.3 Å². The summed E-state index contributed by atoms with van der Waals surface area (Å²) >= 11 is 0. The topological polar surface area (TPSA) is 102 Å². The molecule has 0 saturated carbocycles. The van der Waals surface area contributed by atoms with Gasteiger partial charge in [-0.15, -0.1) is 0 Å². The molecular weight excluding hydrogens is 727 g/mol. The SMILES string of the molecule is CC/C=C\C/C=C\C/C=C\C/C=C\C/C=C\CCCCCC(=O)OC(COCCC(C(=O)[O-])[N+](C)(C)C)COC(=O)CCCCCCC/C=C\C/C=C\C/C=C\CC. The second-order valence-corrected chi connectivity index (χ2v) is 15.5. The lowest BCUT2D eigenvalue weighted by Gasteiger charge is -2.34. The van der Waals surface area contributed by atoms with Crippen molar-refractivity contribution in [2.75, 3.05) is 41.0 Å². The third-order valence-electron chi connectivity index (χ3n) is 9.22. The van der Waals surface area contributed by atoms with Crippen LogP contribution in [0, 0.1) is 0 Å². The Kier molecular flexibility index (Phi) is 37.5. The zero-order chi connectivity index (χ0) is 42.8. The van der Waals surface area contributed by atoms with E-state index in [0.29, 0.717) is 12.8 Å². The van der Waals surface area contributed by atoms with Crippen LogP contribution >= 0.6 is 0 Å². The van der Waals surface area contributed by atoms with Crippen molar-refractivity contribution in [3.05, 3.63) is 97.2 Å². The van der Waals surface area contributed by atoms with Crippen molar-refractivity contribution in [3.8, 4) is 0 Å². The number of carbonyl (C=O) groups is 3. The van der Waals surface area contributed by atoms with Crippen molar-refractivity contribution in [2.45, 2.75) is 161 Å². The Hall–Kier alpha value is -3.75. The number of esters is 2. The van der Waals surface area contributed by atoms with Crippen molar-refractivity contribution < 1.29 is 38.2 Å². The summed E-state index contributed by atoms with van der Waals surface area (Å²) < 4.78 is 17.1. The molecular formula is C50H81NO7. The van der Waals surface area contributed by atoms with Gasteiger partial charge in [-0.25, -0.2) is 0 Å². The minimum Gasteiger partial charge on any atom is -0.544 e. The first-order valence-electron chi connectivity index (χ1n) is 22.3. The molecule has 0 fully saturated rings. The van der Waals surface area contributed by atoms with Gasteiger partial charge in [-0.1, -0.05) is 137 Å². The summed E-state index contributed by atoms with van der Waals surface area (Å²) in [5, 5.41) is 11.6. The van der Waals surface area contributed by atoms with Crippen LogP contribution in [0.5, 0.6) is 0 Å². The average Bonchev–Trinajstić information content (AvgIpc) is 3.18. The molecule has 0 spiro atoms. The first-order valence-corrected chi connectivity index (χ1v) is 22.3. The molecule has 0 saturated heterocycles. The van der Waals surface area contributed by atoms with Gasteiger partial charge < -0.3 is 28.6 Å². The molecule has 328 valence electrons. The number of quaternary nitrogens is 1. The number of unbranched alkanes of at least 4 members (excludes halogenated alkanes) is 8. The Bertz CT molecular complexity index is 1260. The fraction of sp³-hybridized carbons (Fsp3) is 0.620. The fourth-order valence-corrected chi connectivity index (χ4v) is 5.82. The van der Waals surface area contributed by atoms with E-state index in [-0.39, 0.29) is 49.1 Å². The molecule has 0 aliphatic carbocycles. The maximum atomic E-state index is 12.7. The number of rotatable bonds is 38. The molecule has 8 heteroatoms. The summed E-state index contributed by atoms with van der Waals surface area (Å²) in [6.45, 7) is 4.36. The third-order valence-corrected chi connectivity index (χ3v) is 9.22. The van der Waals surface area contributed by atoms with Gasteiger partial charge in [0.25, 0.3) is 0 Å². The second-order valence-electron chi connectivity index (χ2n) is 15.5. The highest BCUT2D eigenvalue weighted by Crippen LogP contribution is 2.12. The van der Waals surface area contributed by atoms with Crippen molar-refractivity contribution in [1.82, 2.24) is 0 Å². The number of allylic oxidation sites excluding steroid dienone is 16. The maximum absolute atomic E-state index is 12.7. The van der Waals surface area contributed by atoms with E-state index in [1.54, 1.807) is 21.1 Å². The van der Waals surface area contributed by atoms with Gasteiger partial charge in [0.2, 0.25) is 0 Å². The smallest absolute Gasteiger partial charge is 0.306 e. The normalized spacial score (nSPS) is 13.9. The maximum Gasteiger partial charge on any atom is 0.306 e. The third kappa shape index (κ3) is 37.8. The molecule has 0 aromatic rings. The van der Waals surface area contributed by atoms with Crippen LogP contribution in [0.15, 0.2) is 97.2 Å². The van der Waals surface area contributed by atoms with E-state index in [9.17, 15) is 19.5 Å². The van der Waals surface area contributed by atoms with Gasteiger partial charge in [0.15, 0.2) is 6.10 Å². The van der Waals surface area contributed by atoms with E-state index in [1.165, 1.54) is 0 Å². The molecule has 0 aliphatic rings. The Balaban J connectivity index is 4.46. The molecule has 2 unspecified atom stereocenters. The summed E-state index contributed by atoms with van der Waals surface area (Å²) in [5.74, 6) is -1.81. The number of hydrogen-bond donors (Lipinski definition) is 0. The zero-order valence-electron chi connectivity index (χ0n) is 37.2. The van der Waals surface area contributed by atoms with Gasteiger partial charge in [-0.2, -0.15) is 0 Å². The van der Waals surface area contributed by atoms with Crippen LogP contribution in [0.4, 0.5) is 0 Å². The summed E-state index contributed by atoms with van der Waals surface area (Å²) in [6, 6.07) is -0.740. The molecule has 0 heterocycles. The van der Waals surface area contributed by atoms with E-state index in [4.69, 9.17) is 14.2 Å². The second kappa shape index (κ2) is 40.0. The summed E-state index contributed by atoms with van der Waals surface area (Å²) in [6.07, 6.45) is 52.9. The number of carboxylic acid groups (broad SMARTS) is 1. The van der Waals surface area contributed by atoms with Crippen LogP contribution in [-0.4, -0.2) is 75.5 Å². The number of aliphatic carboxylic acids is 1. The van der Waals surface area contributed by atoms with Crippen LogP contribution in [0.1, 0.15) is 149 Å². The van der Waals surface area contributed by atoms with Gasteiger partial charge in [0.1, 0.15) is 12.6 Å². The molecule has 0 bridgehead atoms. The number of carboxylic acids is 1. The molecule has 0 amide bonds. The Morgan fingerprint density at radius 2 is 0.914 bits per heavy atom. The number of ether oxygens (including phenoxy) is 3. The van der Waals surface area contributed by atoms with Gasteiger partial charge in [-0.05, 0) is 89.9 Å². The van der Waals surface area contributed by atoms with Crippen LogP contribution in [0.3, 0.4) is 0 Å². The molecule has 0 rings (SSSR count). The van der Waals surface area contributed by atoms with Crippen LogP contribution in [0.2, 0.25) is 0 Å². The van der Waals surface area contributed by atoms with E-state index in [0.717, 1.165) is 109 Å². The predicted molar refractivity (Wildman–Crippen MR) is 240 cm³/mol. The van der Waals surface area contributed by atoms with E-state index < -0.39 is 18.1 Å². The summed E-state index contributed by atoms with van der Waals surface area (Å²) in [4.78, 5) is 36.9. The number of nitrogens with zero attached hydrogens (tertiary/aromatic N) is 1. The van der Waals surface area contributed by atoms with E-state index in [2.05, 4.69) is 111 Å². The predicted octanol–water partition coefficient (Wildman–Crippen LogP) is 11.0. The molecule has 0 aromatic heterocycles. The summed E-state index contributed by atoms with van der Waals surface area (Å²) in [5.41, 5.74) is 0. The van der Waals surface area contributed by atoms with Crippen molar-refractivity contribution in [3.63, 3.8) is 0 Å². The minimum atomic E-state index is -1.14. The highest BCUT2D eigenvalue weighted by molar-refractivity contribution is 5.70. The Morgan fingerprint density at radius 3 is 1.36 bits per heavy atom. The lowest BCUT2D eigenvalue weighted by atomic mass is 10.1. The molecule has 0 N–H and O–H groups in total. The highest BCUT2D eigenvalue weighted by atomic mass is 16.6. The molecule has 0 aromatic carbocycles. The summed E-state index contributed by atoms with van der Waals surface area (Å²) in [7, 11) is 5.38. The van der Waals surface area contributed by atoms with Gasteiger partial charge in [0, 0.05) is 19.3 Å². The van der Waals surface area contributed by atoms with Gasteiger partial charge in [-0.3, -0.25) is 9.59 Å². The van der Waals surface area contributed by atoms with Crippen molar-refractivity contribution in [1.29, 1.82) is 0 Å². The number of carbonyl (C=O) groups excluding carboxylic acids is 3. The minimum absolute atomic E-state index is 0.0149. The van der Waals surface area contributed by atoms with Crippen LogP contribution in [-0.2, 0) is 28.6 Å². The van der Waals surface area contributed by atoms with Gasteiger partial charge >= 0.3 is 11.9 Å². The Labute approximate surface area is 354 Å². The van der Waals surface area contributed by atoms with Crippen molar-refractivity contribution in [2.24, 2.45) is 0 Å². The quantitative estimate of drug-likeness (QED) is 0.0265. The van der Waals surface area contributed by atoms with E-state index in [1.807, 2.05) is 0 Å². The standard InChI is InChI=1S/C50H81NO7/c1-6-8-10-12-14-16-18-20-22-23-24-25-27-29-31-33-35-37-39-41-49(53)58-46(44-56-43-42-47(50(54)55)51(3,4)5)45-57-48(52)40-38-36-34-32-30-28-26-21-19-17-15-13-11-9-7-2/h8-11,14-17,20-22,24-26,29,31,46-47H,6-7,12-13,18-19,23,27-28,30,32-45H2,1-5H3/b10-8-,11-9-,16-14-,17-15-,22-20-,25-24-,26-21-,31-29-. The fourth-order valence-electron chi connectivity index (χ4n) is 5.82. The molecule has 0 aliphatic heterocycles. The molecule has 8 nitrogen and oxygen atoms in total. The average molecular weight is 808 g/mol. The lowest BCUT2D eigenvalue weighted by molar-refractivity contribution is -0.889. The first-order chi connectivity index (χ1) is 28.1. The molecule has 58 heavy (non-hydrogen) atoms. The van der Waals surface area contributed by atoms with Crippen LogP contribution in [0.25, 0.3) is 0 Å². The Morgan fingerprint density at radius 1 is 0.517 bits per heavy atom. The number of hydrogen-bond acceptors (Lipinski definition) is 7. The largest absolute Gasteiger partial charge is 0.544 e. The monoisotopic (exact) mass is 808 g/mol. The highest BCUT2D eigenvalue weighted by Gasteiger charge is 2.25.